The summed E-state index contributed by atoms with van der Waals surface area (Å²) in [6.45, 7) is 0. The van der Waals surface area contributed by atoms with Gasteiger partial charge in [-0.2, -0.15) is 0 Å². The minimum Gasteiger partial charge on any atom is -0.545 e. The van der Waals surface area contributed by atoms with Gasteiger partial charge in [-0.05, 0) is 35.4 Å². The number of aromatic carboxylic acids is 2. The van der Waals surface area contributed by atoms with Crippen LogP contribution in [0, 0.1) is 5.82 Å². The lowest BCUT2D eigenvalue weighted by atomic mass is 10.0. The van der Waals surface area contributed by atoms with Gasteiger partial charge in [0.25, 0.3) is 0 Å². The van der Waals surface area contributed by atoms with Crippen molar-refractivity contribution < 1.29 is 24.2 Å². The highest BCUT2D eigenvalue weighted by atomic mass is 35.5. The molecule has 0 saturated heterocycles. The van der Waals surface area contributed by atoms with E-state index in [0.717, 1.165) is 12.1 Å². The summed E-state index contributed by atoms with van der Waals surface area (Å²) in [6.07, 6.45) is 0. The molecular weight excluding hydrogens is 287 g/mol. The first kappa shape index (κ1) is 14.0. The van der Waals surface area contributed by atoms with Crippen molar-refractivity contribution in [1.82, 2.24) is 0 Å². The Labute approximate surface area is 118 Å². The molecule has 0 unspecified atom stereocenters. The maximum Gasteiger partial charge on any atom is 0.124 e. The van der Waals surface area contributed by atoms with Crippen molar-refractivity contribution in [1.29, 1.82) is 0 Å². The highest BCUT2D eigenvalue weighted by Gasteiger charge is 2.07. The van der Waals surface area contributed by atoms with E-state index in [1.807, 2.05) is 0 Å². The van der Waals surface area contributed by atoms with E-state index >= 15 is 0 Å². The standard InChI is InChI=1S/C14H8ClFO4/c15-12-6-7(1-2-11(12)14(19)20)8-3-9(13(17)18)5-10(16)4-8/h1-6H,(H,17,18)(H,19,20)/p-2. The van der Waals surface area contributed by atoms with E-state index in [-0.39, 0.29) is 21.7 Å². The van der Waals surface area contributed by atoms with E-state index in [4.69, 9.17) is 11.6 Å². The zero-order valence-electron chi connectivity index (χ0n) is 9.85. The van der Waals surface area contributed by atoms with Crippen molar-refractivity contribution in [2.75, 3.05) is 0 Å². The molecule has 6 heteroatoms. The number of benzene rings is 2. The highest BCUT2D eigenvalue weighted by Crippen LogP contribution is 2.27. The average Bonchev–Trinajstić information content (AvgIpc) is 2.37. The minimum absolute atomic E-state index is 0.0817. The molecule has 0 saturated carbocycles. The summed E-state index contributed by atoms with van der Waals surface area (Å²) in [6, 6.07) is 7.03. The fraction of sp³-hybridized carbons (Fsp3) is 0. The van der Waals surface area contributed by atoms with Gasteiger partial charge in [-0.25, -0.2) is 4.39 Å². The molecule has 0 fully saturated rings. The molecule has 102 valence electrons. The van der Waals surface area contributed by atoms with Crippen LogP contribution in [0.4, 0.5) is 4.39 Å². The number of carboxylic acid groups (broad SMARTS) is 2. The molecule has 0 aromatic heterocycles. The number of hydrogen-bond donors (Lipinski definition) is 0. The van der Waals surface area contributed by atoms with Crippen molar-refractivity contribution in [3.8, 4) is 11.1 Å². The van der Waals surface area contributed by atoms with Crippen LogP contribution in [-0.4, -0.2) is 11.9 Å². The second kappa shape index (κ2) is 5.30. The monoisotopic (exact) mass is 292 g/mol. The Morgan fingerprint density at radius 2 is 1.65 bits per heavy atom. The van der Waals surface area contributed by atoms with E-state index in [1.165, 1.54) is 24.3 Å². The van der Waals surface area contributed by atoms with E-state index in [0.29, 0.717) is 5.56 Å². The molecule has 2 rings (SSSR count). The lowest BCUT2D eigenvalue weighted by Gasteiger charge is -2.10. The second-order valence-corrected chi connectivity index (χ2v) is 4.41. The molecule has 0 aliphatic rings. The van der Waals surface area contributed by atoms with Crippen LogP contribution in [0.1, 0.15) is 20.7 Å². The molecule has 2 aromatic rings. The van der Waals surface area contributed by atoms with Crippen LogP contribution < -0.4 is 10.2 Å². The third-order valence-corrected chi connectivity index (χ3v) is 2.97. The maximum atomic E-state index is 13.4. The van der Waals surface area contributed by atoms with Gasteiger partial charge in [0.15, 0.2) is 0 Å². The maximum absolute atomic E-state index is 13.4. The molecule has 0 N–H and O–H groups in total. The molecule has 0 spiro atoms. The molecule has 0 amide bonds. The quantitative estimate of drug-likeness (QED) is 0.841. The molecule has 4 nitrogen and oxygen atoms in total. The zero-order chi connectivity index (χ0) is 14.9. The first-order chi connectivity index (χ1) is 9.38. The molecular formula is C14H6ClFO4-2. The first-order valence-corrected chi connectivity index (χ1v) is 5.79. The summed E-state index contributed by atoms with van der Waals surface area (Å²) in [5.74, 6) is -3.69. The van der Waals surface area contributed by atoms with Gasteiger partial charge in [-0.3, -0.25) is 0 Å². The molecule has 0 heterocycles. The van der Waals surface area contributed by atoms with Gasteiger partial charge in [0, 0.05) is 11.1 Å². The van der Waals surface area contributed by atoms with Crippen molar-refractivity contribution in [3.63, 3.8) is 0 Å². The Morgan fingerprint density at radius 1 is 0.950 bits per heavy atom. The van der Waals surface area contributed by atoms with Gasteiger partial charge in [0.05, 0.1) is 17.0 Å². The van der Waals surface area contributed by atoms with Gasteiger partial charge >= 0.3 is 0 Å². The molecule has 2 aromatic carbocycles. The molecule has 20 heavy (non-hydrogen) atoms. The molecule has 0 aliphatic carbocycles. The van der Waals surface area contributed by atoms with Crippen LogP contribution in [0.3, 0.4) is 0 Å². The van der Waals surface area contributed by atoms with Gasteiger partial charge in [-0.1, -0.05) is 23.7 Å². The predicted molar refractivity (Wildman–Crippen MR) is 65.5 cm³/mol. The Bertz CT molecular complexity index is 712. The number of carbonyl (C=O) groups excluding carboxylic acids is 2. The Balaban J connectivity index is 2.54. The normalized spacial score (nSPS) is 10.3. The summed E-state index contributed by atoms with van der Waals surface area (Å²) >= 11 is 5.77. The van der Waals surface area contributed by atoms with Crippen LogP contribution in [-0.2, 0) is 0 Å². The van der Waals surface area contributed by atoms with Crippen LogP contribution >= 0.6 is 11.6 Å². The topological polar surface area (TPSA) is 80.3 Å². The lowest BCUT2D eigenvalue weighted by molar-refractivity contribution is -0.256. The molecule has 0 radical (unpaired) electrons. The van der Waals surface area contributed by atoms with E-state index in [9.17, 15) is 24.2 Å². The number of hydrogen-bond acceptors (Lipinski definition) is 4. The van der Waals surface area contributed by atoms with Crippen molar-refractivity contribution in [2.24, 2.45) is 0 Å². The number of carboxylic acids is 2. The largest absolute Gasteiger partial charge is 0.545 e. The molecule has 0 atom stereocenters. The summed E-state index contributed by atoms with van der Waals surface area (Å²) in [4.78, 5) is 21.5. The average molecular weight is 293 g/mol. The summed E-state index contributed by atoms with van der Waals surface area (Å²) in [7, 11) is 0. The van der Waals surface area contributed by atoms with E-state index < -0.39 is 17.8 Å². The van der Waals surface area contributed by atoms with Crippen molar-refractivity contribution in [2.45, 2.75) is 0 Å². The zero-order valence-corrected chi connectivity index (χ0v) is 10.6. The van der Waals surface area contributed by atoms with E-state index in [2.05, 4.69) is 0 Å². The van der Waals surface area contributed by atoms with Crippen LogP contribution in [0.5, 0.6) is 0 Å². The van der Waals surface area contributed by atoms with Gasteiger partial charge in [-0.15, -0.1) is 0 Å². The van der Waals surface area contributed by atoms with Crippen LogP contribution in [0.2, 0.25) is 5.02 Å². The minimum atomic E-state index is -1.51. The van der Waals surface area contributed by atoms with Crippen LogP contribution in [0.15, 0.2) is 36.4 Å². The van der Waals surface area contributed by atoms with Crippen LogP contribution in [0.25, 0.3) is 11.1 Å². The molecule has 0 bridgehead atoms. The smallest absolute Gasteiger partial charge is 0.124 e. The number of halogens is 2. The third-order valence-electron chi connectivity index (χ3n) is 2.66. The second-order valence-electron chi connectivity index (χ2n) is 4.00. The Hall–Kier alpha value is -2.40. The fourth-order valence-electron chi connectivity index (χ4n) is 1.73. The SMILES string of the molecule is O=C([O-])c1cc(F)cc(-c2ccc(C(=O)[O-])c(Cl)c2)c1. The fourth-order valence-corrected chi connectivity index (χ4v) is 1.99. The highest BCUT2D eigenvalue weighted by molar-refractivity contribution is 6.33. The Kier molecular flexibility index (Phi) is 3.72. The van der Waals surface area contributed by atoms with Crippen molar-refractivity contribution >= 4 is 23.5 Å². The number of rotatable bonds is 3. The summed E-state index contributed by atoms with van der Waals surface area (Å²) in [5.41, 5.74) is 0.102. The lowest BCUT2D eigenvalue weighted by Crippen LogP contribution is -2.22. The number of carbonyl (C=O) groups is 2. The first-order valence-electron chi connectivity index (χ1n) is 5.41. The van der Waals surface area contributed by atoms with Gasteiger partial charge in [0.2, 0.25) is 0 Å². The molecule has 0 aliphatic heterocycles. The summed E-state index contributed by atoms with van der Waals surface area (Å²) in [5, 5.41) is 21.4. The van der Waals surface area contributed by atoms with Gasteiger partial charge in [0.1, 0.15) is 5.82 Å². The van der Waals surface area contributed by atoms with Gasteiger partial charge < -0.3 is 19.8 Å². The third kappa shape index (κ3) is 2.78. The summed E-state index contributed by atoms with van der Waals surface area (Å²) < 4.78 is 13.4. The van der Waals surface area contributed by atoms with Crippen molar-refractivity contribution in [3.05, 3.63) is 58.4 Å². The Morgan fingerprint density at radius 3 is 2.20 bits per heavy atom. The van der Waals surface area contributed by atoms with E-state index in [1.54, 1.807) is 0 Å². The predicted octanol–water partition coefficient (Wildman–Crippen LogP) is 0.873.